The number of aromatic nitrogens is 3. The fraction of sp³-hybridized carbons (Fsp3) is 0.240. The zero-order valence-corrected chi connectivity index (χ0v) is 18.5. The van der Waals surface area contributed by atoms with Gasteiger partial charge in [-0.1, -0.05) is 32.9 Å². The van der Waals surface area contributed by atoms with E-state index in [9.17, 15) is 9.18 Å². The Kier molecular flexibility index (Phi) is 5.65. The predicted molar refractivity (Wildman–Crippen MR) is 121 cm³/mol. The molecule has 0 unspecified atom stereocenters. The van der Waals surface area contributed by atoms with Gasteiger partial charge in [-0.05, 0) is 48.0 Å². The van der Waals surface area contributed by atoms with Crippen molar-refractivity contribution in [3.63, 3.8) is 0 Å². The van der Waals surface area contributed by atoms with Gasteiger partial charge in [0.2, 0.25) is 0 Å². The van der Waals surface area contributed by atoms with E-state index >= 15 is 0 Å². The number of ether oxygens (including phenoxy) is 1. The summed E-state index contributed by atoms with van der Waals surface area (Å²) in [5.41, 5.74) is 3.93. The van der Waals surface area contributed by atoms with Gasteiger partial charge in [0.1, 0.15) is 17.3 Å². The van der Waals surface area contributed by atoms with Crippen LogP contribution < -0.4 is 10.1 Å². The van der Waals surface area contributed by atoms with E-state index in [2.05, 4.69) is 31.2 Å². The number of rotatable bonds is 5. The van der Waals surface area contributed by atoms with Crippen LogP contribution in [-0.4, -0.2) is 27.6 Å². The molecule has 0 aliphatic carbocycles. The van der Waals surface area contributed by atoms with Crippen molar-refractivity contribution in [1.82, 2.24) is 19.9 Å². The summed E-state index contributed by atoms with van der Waals surface area (Å²) in [4.78, 5) is 17.9. The lowest BCUT2D eigenvalue weighted by Crippen LogP contribution is -2.26. The molecule has 2 aromatic heterocycles. The van der Waals surface area contributed by atoms with Crippen molar-refractivity contribution in [3.8, 4) is 17.0 Å². The Hall–Kier alpha value is -3.74. The second-order valence-corrected chi connectivity index (χ2v) is 8.61. The molecule has 0 saturated carbocycles. The monoisotopic (exact) mass is 432 g/mol. The number of nitrogens with one attached hydrogen (secondary N) is 1. The molecular formula is C25H25FN4O2. The van der Waals surface area contributed by atoms with Crippen LogP contribution in [0.3, 0.4) is 0 Å². The normalized spacial score (nSPS) is 11.5. The van der Waals surface area contributed by atoms with E-state index in [4.69, 9.17) is 9.72 Å². The van der Waals surface area contributed by atoms with E-state index in [1.165, 1.54) is 12.1 Å². The number of hydrogen-bond acceptors (Lipinski definition) is 4. The van der Waals surface area contributed by atoms with Gasteiger partial charge in [-0.3, -0.25) is 4.79 Å². The van der Waals surface area contributed by atoms with Crippen molar-refractivity contribution in [1.29, 1.82) is 0 Å². The number of carbonyl (C=O) groups is 1. The topological polar surface area (TPSA) is 68.5 Å². The first-order valence-electron chi connectivity index (χ1n) is 10.3. The van der Waals surface area contributed by atoms with Crippen LogP contribution in [0.5, 0.6) is 5.75 Å². The fourth-order valence-corrected chi connectivity index (χ4v) is 3.29. The minimum atomic E-state index is -0.314. The molecule has 7 heteroatoms. The maximum absolute atomic E-state index is 13.2. The van der Waals surface area contributed by atoms with E-state index in [1.807, 2.05) is 30.3 Å². The Bertz CT molecular complexity index is 1260. The minimum Gasteiger partial charge on any atom is -0.497 e. The summed E-state index contributed by atoms with van der Waals surface area (Å²) >= 11 is 0. The van der Waals surface area contributed by atoms with Gasteiger partial charge in [0.15, 0.2) is 5.65 Å². The number of carbonyl (C=O) groups excluding carboxylic acids is 1. The molecule has 0 radical (unpaired) electrons. The summed E-state index contributed by atoms with van der Waals surface area (Å²) < 4.78 is 20.0. The summed E-state index contributed by atoms with van der Waals surface area (Å²) in [6, 6.07) is 17.2. The lowest BCUT2D eigenvalue weighted by Gasteiger charge is -2.13. The van der Waals surface area contributed by atoms with Crippen LogP contribution in [0.4, 0.5) is 4.39 Å². The smallest absolute Gasteiger partial charge is 0.270 e. The van der Waals surface area contributed by atoms with Crippen LogP contribution in [0.1, 0.15) is 42.5 Å². The van der Waals surface area contributed by atoms with Crippen molar-refractivity contribution in [2.75, 3.05) is 7.11 Å². The zero-order chi connectivity index (χ0) is 22.9. The zero-order valence-electron chi connectivity index (χ0n) is 18.5. The average molecular weight is 432 g/mol. The molecule has 0 fully saturated rings. The number of amides is 1. The molecule has 164 valence electrons. The summed E-state index contributed by atoms with van der Waals surface area (Å²) in [6.45, 7) is 6.46. The highest BCUT2D eigenvalue weighted by Crippen LogP contribution is 2.26. The van der Waals surface area contributed by atoms with E-state index in [-0.39, 0.29) is 23.7 Å². The molecule has 1 N–H and O–H groups in total. The SMILES string of the molecule is COc1ccc(-c2cc(C(=O)NCc3ccc(F)cc3)n3nc(C(C)(C)C)cc3n2)cc1. The minimum absolute atomic E-state index is 0.199. The highest BCUT2D eigenvalue weighted by molar-refractivity contribution is 5.94. The van der Waals surface area contributed by atoms with Crippen LogP contribution in [0.15, 0.2) is 60.7 Å². The maximum atomic E-state index is 13.2. The van der Waals surface area contributed by atoms with Crippen LogP contribution in [0, 0.1) is 5.82 Å². The molecule has 0 saturated heterocycles. The predicted octanol–water partition coefficient (Wildman–Crippen LogP) is 4.77. The number of methoxy groups -OCH3 is 1. The van der Waals surface area contributed by atoms with E-state index in [0.717, 1.165) is 22.6 Å². The van der Waals surface area contributed by atoms with Gasteiger partial charge in [-0.2, -0.15) is 5.10 Å². The molecule has 0 bridgehead atoms. The summed E-state index contributed by atoms with van der Waals surface area (Å²) in [6.07, 6.45) is 0. The second kappa shape index (κ2) is 8.42. The lowest BCUT2D eigenvalue weighted by atomic mass is 9.93. The number of nitrogens with zero attached hydrogens (tertiary/aromatic N) is 3. The molecule has 1 amide bonds. The third kappa shape index (κ3) is 4.46. The quantitative estimate of drug-likeness (QED) is 0.493. The first-order chi connectivity index (χ1) is 15.2. The molecule has 0 aliphatic heterocycles. The van der Waals surface area contributed by atoms with Crippen LogP contribution >= 0.6 is 0 Å². The first-order valence-corrected chi connectivity index (χ1v) is 10.3. The Morgan fingerprint density at radius 1 is 1.06 bits per heavy atom. The lowest BCUT2D eigenvalue weighted by molar-refractivity contribution is 0.0943. The van der Waals surface area contributed by atoms with Gasteiger partial charge in [0.25, 0.3) is 5.91 Å². The van der Waals surface area contributed by atoms with Gasteiger partial charge < -0.3 is 10.1 Å². The van der Waals surface area contributed by atoms with Gasteiger partial charge in [-0.15, -0.1) is 0 Å². The summed E-state index contributed by atoms with van der Waals surface area (Å²) in [7, 11) is 1.61. The molecule has 2 heterocycles. The Morgan fingerprint density at radius 3 is 2.38 bits per heavy atom. The largest absolute Gasteiger partial charge is 0.497 e. The summed E-state index contributed by atoms with van der Waals surface area (Å²) in [5.74, 6) is 0.137. The van der Waals surface area contributed by atoms with Crippen molar-refractivity contribution in [2.24, 2.45) is 0 Å². The van der Waals surface area contributed by atoms with Crippen LogP contribution in [0.2, 0.25) is 0 Å². The fourth-order valence-electron chi connectivity index (χ4n) is 3.29. The molecule has 4 rings (SSSR count). The maximum Gasteiger partial charge on any atom is 0.270 e. The second-order valence-electron chi connectivity index (χ2n) is 8.61. The van der Waals surface area contributed by atoms with E-state index in [0.29, 0.717) is 17.0 Å². The van der Waals surface area contributed by atoms with E-state index < -0.39 is 0 Å². The molecule has 0 atom stereocenters. The average Bonchev–Trinajstić information content (AvgIpc) is 3.23. The van der Waals surface area contributed by atoms with Crippen molar-refractivity contribution in [2.45, 2.75) is 32.7 Å². The Morgan fingerprint density at radius 2 is 1.75 bits per heavy atom. The molecule has 2 aromatic carbocycles. The van der Waals surface area contributed by atoms with Crippen molar-refractivity contribution < 1.29 is 13.9 Å². The van der Waals surface area contributed by atoms with Gasteiger partial charge in [-0.25, -0.2) is 13.9 Å². The highest BCUT2D eigenvalue weighted by Gasteiger charge is 2.22. The number of hydrogen-bond donors (Lipinski definition) is 1. The van der Waals surface area contributed by atoms with Crippen molar-refractivity contribution >= 4 is 11.6 Å². The highest BCUT2D eigenvalue weighted by atomic mass is 19.1. The Labute approximate surface area is 186 Å². The number of fused-ring (bicyclic) bond motifs is 1. The van der Waals surface area contributed by atoms with Crippen molar-refractivity contribution in [3.05, 3.63) is 83.4 Å². The van der Waals surface area contributed by atoms with E-state index in [1.54, 1.807) is 29.8 Å². The number of halogens is 1. The van der Waals surface area contributed by atoms with Gasteiger partial charge in [0, 0.05) is 23.6 Å². The Balaban J connectivity index is 1.74. The van der Waals surface area contributed by atoms with Crippen LogP contribution in [0.25, 0.3) is 16.9 Å². The van der Waals surface area contributed by atoms with Gasteiger partial charge in [0.05, 0.1) is 18.5 Å². The first kappa shape index (κ1) is 21.5. The molecule has 0 spiro atoms. The summed E-state index contributed by atoms with van der Waals surface area (Å²) in [5, 5.41) is 7.56. The third-order valence-electron chi connectivity index (χ3n) is 5.18. The van der Waals surface area contributed by atoms with Crippen LogP contribution in [-0.2, 0) is 12.0 Å². The number of benzene rings is 2. The standard InChI is InChI=1S/C25H25FN4O2/c1-25(2,3)22-14-23-28-20(17-7-11-19(32-4)12-8-17)13-21(30(23)29-22)24(31)27-15-16-5-9-18(26)10-6-16/h5-14H,15H2,1-4H3,(H,27,31). The molecule has 32 heavy (non-hydrogen) atoms. The molecule has 6 nitrogen and oxygen atoms in total. The van der Waals surface area contributed by atoms with Gasteiger partial charge >= 0.3 is 0 Å². The molecule has 4 aromatic rings. The molecule has 0 aliphatic rings. The third-order valence-corrected chi connectivity index (χ3v) is 5.18. The molecular weight excluding hydrogens is 407 g/mol.